The van der Waals surface area contributed by atoms with Gasteiger partial charge in [0.05, 0.1) is 0 Å². The number of nitrogens with zero attached hydrogens (tertiary/aromatic N) is 2. The number of rotatable bonds is 2. The lowest BCUT2D eigenvalue weighted by Crippen LogP contribution is -2.59. The third-order valence-corrected chi connectivity index (χ3v) is 5.15. The summed E-state index contributed by atoms with van der Waals surface area (Å²) in [6.45, 7) is 5.06. The summed E-state index contributed by atoms with van der Waals surface area (Å²) in [5.41, 5.74) is 6.95. The van der Waals surface area contributed by atoms with Crippen molar-refractivity contribution in [1.29, 1.82) is 0 Å². The van der Waals surface area contributed by atoms with E-state index < -0.39 is 0 Å². The van der Waals surface area contributed by atoms with Gasteiger partial charge in [-0.2, -0.15) is 4.99 Å². The van der Waals surface area contributed by atoms with Gasteiger partial charge in [0.2, 0.25) is 0 Å². The largest absolute Gasteiger partial charge is 0.385 e. The SMILES string of the molecule is CC1CCC2(C(N)=NC(=O)N2Cc2ccccc2)C(C)C1. The van der Waals surface area contributed by atoms with Gasteiger partial charge in [0.25, 0.3) is 0 Å². The molecule has 21 heavy (non-hydrogen) atoms. The average Bonchev–Trinajstić information content (AvgIpc) is 2.69. The van der Waals surface area contributed by atoms with Crippen LogP contribution in [0.5, 0.6) is 0 Å². The number of nitrogens with two attached hydrogens (primary N) is 1. The lowest BCUT2D eigenvalue weighted by atomic mass is 9.68. The van der Waals surface area contributed by atoms with E-state index in [4.69, 9.17) is 5.73 Å². The molecule has 1 spiro atoms. The maximum Gasteiger partial charge on any atom is 0.346 e. The van der Waals surface area contributed by atoms with Gasteiger partial charge in [-0.1, -0.05) is 44.2 Å². The highest BCUT2D eigenvalue weighted by molar-refractivity contribution is 6.06. The Kier molecular flexibility index (Phi) is 3.47. The fourth-order valence-electron chi connectivity index (χ4n) is 3.95. The highest BCUT2D eigenvalue weighted by Crippen LogP contribution is 2.44. The summed E-state index contributed by atoms with van der Waals surface area (Å²) < 4.78 is 0. The Morgan fingerprint density at radius 1 is 1.33 bits per heavy atom. The summed E-state index contributed by atoms with van der Waals surface area (Å²) in [5, 5.41) is 0. The molecular formula is C17H23N3O. The molecule has 1 aromatic carbocycles. The van der Waals surface area contributed by atoms with Gasteiger partial charge < -0.3 is 10.6 Å². The third-order valence-electron chi connectivity index (χ3n) is 5.15. The molecule has 4 nitrogen and oxygen atoms in total. The number of amidine groups is 1. The van der Waals surface area contributed by atoms with Crippen LogP contribution in [0.3, 0.4) is 0 Å². The maximum atomic E-state index is 12.3. The smallest absolute Gasteiger partial charge is 0.346 e. The van der Waals surface area contributed by atoms with E-state index in [9.17, 15) is 4.79 Å². The molecule has 3 rings (SSSR count). The van der Waals surface area contributed by atoms with Crippen LogP contribution in [0.25, 0.3) is 0 Å². The summed E-state index contributed by atoms with van der Waals surface area (Å²) >= 11 is 0. The van der Waals surface area contributed by atoms with E-state index in [-0.39, 0.29) is 11.6 Å². The highest BCUT2D eigenvalue weighted by atomic mass is 16.2. The molecule has 2 amide bonds. The molecule has 0 radical (unpaired) electrons. The minimum Gasteiger partial charge on any atom is -0.385 e. The van der Waals surface area contributed by atoms with Gasteiger partial charge in [0, 0.05) is 6.54 Å². The molecule has 1 aromatic rings. The van der Waals surface area contributed by atoms with Crippen LogP contribution < -0.4 is 5.73 Å². The lowest BCUT2D eigenvalue weighted by Gasteiger charge is -2.47. The average molecular weight is 285 g/mol. The number of carbonyl (C=O) groups is 1. The summed E-state index contributed by atoms with van der Waals surface area (Å²) in [7, 11) is 0. The van der Waals surface area contributed by atoms with Gasteiger partial charge in [0.15, 0.2) is 0 Å². The van der Waals surface area contributed by atoms with Crippen LogP contribution in [-0.2, 0) is 6.54 Å². The van der Waals surface area contributed by atoms with Crippen LogP contribution in [0.2, 0.25) is 0 Å². The first kappa shape index (κ1) is 14.1. The molecular weight excluding hydrogens is 262 g/mol. The zero-order chi connectivity index (χ0) is 15.0. The van der Waals surface area contributed by atoms with Crippen molar-refractivity contribution in [3.05, 3.63) is 35.9 Å². The second kappa shape index (κ2) is 5.17. The van der Waals surface area contributed by atoms with Gasteiger partial charge in [0.1, 0.15) is 11.4 Å². The lowest BCUT2D eigenvalue weighted by molar-refractivity contribution is 0.0794. The van der Waals surface area contributed by atoms with Crippen molar-refractivity contribution in [2.45, 2.75) is 45.2 Å². The van der Waals surface area contributed by atoms with Crippen molar-refractivity contribution in [2.24, 2.45) is 22.6 Å². The Morgan fingerprint density at radius 2 is 2.05 bits per heavy atom. The predicted octanol–water partition coefficient (Wildman–Crippen LogP) is 3.17. The van der Waals surface area contributed by atoms with Gasteiger partial charge in [-0.05, 0) is 36.7 Å². The highest BCUT2D eigenvalue weighted by Gasteiger charge is 2.53. The van der Waals surface area contributed by atoms with Gasteiger partial charge in [-0.15, -0.1) is 0 Å². The zero-order valence-corrected chi connectivity index (χ0v) is 12.7. The van der Waals surface area contributed by atoms with Gasteiger partial charge in [-0.25, -0.2) is 4.79 Å². The molecule has 1 saturated carbocycles. The van der Waals surface area contributed by atoms with Crippen LogP contribution in [0.15, 0.2) is 35.3 Å². The van der Waals surface area contributed by atoms with Crippen LogP contribution in [0.1, 0.15) is 38.7 Å². The molecule has 2 N–H and O–H groups in total. The number of carbonyl (C=O) groups excluding carboxylic acids is 1. The number of aliphatic imine (C=N–C) groups is 1. The van der Waals surface area contributed by atoms with E-state index in [1.54, 1.807) is 0 Å². The monoisotopic (exact) mass is 285 g/mol. The maximum absolute atomic E-state index is 12.3. The molecule has 4 heteroatoms. The molecule has 112 valence electrons. The number of hydrogen-bond donors (Lipinski definition) is 1. The van der Waals surface area contributed by atoms with Crippen LogP contribution in [0.4, 0.5) is 4.79 Å². The zero-order valence-electron chi connectivity index (χ0n) is 12.7. The fraction of sp³-hybridized carbons (Fsp3) is 0.529. The molecule has 0 saturated heterocycles. The molecule has 2 aliphatic rings. The standard InChI is InChI=1S/C17H23N3O/c1-12-8-9-17(13(2)10-12)15(18)19-16(21)20(17)11-14-6-4-3-5-7-14/h3-7,12-13H,8-11H2,1-2H3,(H2,18,19,21). The molecule has 3 unspecified atom stereocenters. The Balaban J connectivity index is 1.93. The molecule has 1 aliphatic carbocycles. The summed E-state index contributed by atoms with van der Waals surface area (Å²) in [6, 6.07) is 9.90. The van der Waals surface area contributed by atoms with E-state index in [0.717, 1.165) is 24.8 Å². The fourth-order valence-corrected chi connectivity index (χ4v) is 3.95. The van der Waals surface area contributed by atoms with E-state index in [0.29, 0.717) is 24.2 Å². The minimum atomic E-state index is -0.376. The topological polar surface area (TPSA) is 58.7 Å². The van der Waals surface area contributed by atoms with E-state index >= 15 is 0 Å². The van der Waals surface area contributed by atoms with Gasteiger partial charge >= 0.3 is 6.03 Å². The van der Waals surface area contributed by atoms with E-state index in [1.807, 2.05) is 35.2 Å². The van der Waals surface area contributed by atoms with Crippen molar-refractivity contribution in [3.8, 4) is 0 Å². The molecule has 1 heterocycles. The normalized spacial score (nSPS) is 32.6. The second-order valence-electron chi connectivity index (χ2n) is 6.56. The third kappa shape index (κ3) is 2.23. The number of amides is 2. The van der Waals surface area contributed by atoms with Crippen molar-refractivity contribution in [1.82, 2.24) is 4.90 Å². The number of urea groups is 1. The number of benzene rings is 1. The first-order chi connectivity index (χ1) is 10.0. The summed E-state index contributed by atoms with van der Waals surface area (Å²) in [5.74, 6) is 1.55. The quantitative estimate of drug-likeness (QED) is 0.907. The van der Waals surface area contributed by atoms with Crippen LogP contribution in [-0.4, -0.2) is 22.3 Å². The van der Waals surface area contributed by atoms with E-state index in [1.165, 1.54) is 0 Å². The molecule has 0 bridgehead atoms. The molecule has 1 aliphatic heterocycles. The first-order valence-corrected chi connectivity index (χ1v) is 7.74. The summed E-state index contributed by atoms with van der Waals surface area (Å²) in [4.78, 5) is 18.3. The van der Waals surface area contributed by atoms with Crippen LogP contribution in [0, 0.1) is 11.8 Å². The Bertz CT molecular complexity index is 569. The summed E-state index contributed by atoms with van der Waals surface area (Å²) in [6.07, 6.45) is 3.11. The predicted molar refractivity (Wildman–Crippen MR) is 83.9 cm³/mol. The number of hydrogen-bond acceptors (Lipinski definition) is 2. The van der Waals surface area contributed by atoms with Gasteiger partial charge in [-0.3, -0.25) is 0 Å². The van der Waals surface area contributed by atoms with Crippen molar-refractivity contribution >= 4 is 11.9 Å². The second-order valence-corrected chi connectivity index (χ2v) is 6.56. The van der Waals surface area contributed by atoms with E-state index in [2.05, 4.69) is 18.8 Å². The Labute approximate surface area is 126 Å². The van der Waals surface area contributed by atoms with Crippen molar-refractivity contribution < 1.29 is 4.79 Å². The van der Waals surface area contributed by atoms with Crippen LogP contribution >= 0.6 is 0 Å². The Morgan fingerprint density at radius 3 is 2.71 bits per heavy atom. The van der Waals surface area contributed by atoms with Crippen molar-refractivity contribution in [3.63, 3.8) is 0 Å². The molecule has 3 atom stereocenters. The Hall–Kier alpha value is -1.84. The molecule has 1 fully saturated rings. The minimum absolute atomic E-state index is 0.183. The first-order valence-electron chi connectivity index (χ1n) is 7.74. The van der Waals surface area contributed by atoms with Crippen molar-refractivity contribution in [2.75, 3.05) is 0 Å². The molecule has 0 aromatic heterocycles.